The summed E-state index contributed by atoms with van der Waals surface area (Å²) in [5.74, 6) is -5.53. The number of hydrogen-bond donors (Lipinski definition) is 4. The maximum Gasteiger partial charge on any atom is 0.255 e. The lowest BCUT2D eigenvalue weighted by Gasteiger charge is -2.47. The van der Waals surface area contributed by atoms with E-state index in [2.05, 4.69) is 23.6 Å². The maximum atomic E-state index is 14.0. The van der Waals surface area contributed by atoms with Gasteiger partial charge in [-0.2, -0.15) is 0 Å². The van der Waals surface area contributed by atoms with Crippen LogP contribution in [0.5, 0.6) is 5.75 Å². The summed E-state index contributed by atoms with van der Waals surface area (Å²) in [5.41, 5.74) is 8.03. The Bertz CT molecular complexity index is 1350. The molecule has 1 aromatic carbocycles. The number of phenols is 1. The topological polar surface area (TPSA) is 148 Å². The fraction of sp³-hybridized carbons (Fsp3) is 0.567. The van der Waals surface area contributed by atoms with E-state index in [0.717, 1.165) is 49.3 Å². The lowest BCUT2D eigenvalue weighted by atomic mass is 9.59. The van der Waals surface area contributed by atoms with Gasteiger partial charge >= 0.3 is 0 Å². The standard InChI is InChI=1S/C30H40N4O6/c1-6-9-34(7-2)18-8-10-33(5)24-15(18)13-19(35)21-16(24)11-14-12-17-22(27(37)20(14)26(21)36)28(38)23(30(31)40)29(39)25(17)32(3)4/h13-14,17-18,22,25,35-36,39H,6-12H2,1-5H3,(H2,31,40)/t14-,17+,18?,22-,25-/m1/s1. The number of anilines is 1. The van der Waals surface area contributed by atoms with E-state index in [0.29, 0.717) is 12.8 Å². The van der Waals surface area contributed by atoms with Gasteiger partial charge in [-0.05, 0) is 81.9 Å². The summed E-state index contributed by atoms with van der Waals surface area (Å²) in [6.45, 7) is 6.90. The Morgan fingerprint density at radius 3 is 2.45 bits per heavy atom. The second kappa shape index (κ2) is 10.2. The molecule has 5 atom stereocenters. The molecule has 0 spiro atoms. The third kappa shape index (κ3) is 4.03. The molecule has 40 heavy (non-hydrogen) atoms. The second-order valence-corrected chi connectivity index (χ2v) is 11.8. The zero-order chi connectivity index (χ0) is 29.2. The van der Waals surface area contributed by atoms with Gasteiger partial charge in [0.25, 0.3) is 5.91 Å². The van der Waals surface area contributed by atoms with Crippen molar-refractivity contribution in [3.05, 3.63) is 39.7 Å². The number of hydrogen-bond acceptors (Lipinski definition) is 9. The monoisotopic (exact) mass is 552 g/mol. The van der Waals surface area contributed by atoms with Crippen LogP contribution in [-0.4, -0.2) is 89.4 Å². The van der Waals surface area contributed by atoms with E-state index >= 15 is 0 Å². The molecule has 3 aliphatic carbocycles. The van der Waals surface area contributed by atoms with Gasteiger partial charge in [0.2, 0.25) is 0 Å². The van der Waals surface area contributed by atoms with Crippen molar-refractivity contribution in [3.63, 3.8) is 0 Å². The Kier molecular flexibility index (Phi) is 7.20. The summed E-state index contributed by atoms with van der Waals surface area (Å²) in [4.78, 5) is 45.8. The fourth-order valence-electron chi connectivity index (χ4n) is 7.84. The average Bonchev–Trinajstić information content (AvgIpc) is 2.86. The van der Waals surface area contributed by atoms with Crippen LogP contribution in [0.1, 0.15) is 55.8 Å². The highest BCUT2D eigenvalue weighted by Crippen LogP contribution is 2.54. The van der Waals surface area contributed by atoms with Gasteiger partial charge < -0.3 is 26.0 Å². The highest BCUT2D eigenvalue weighted by atomic mass is 16.3. The summed E-state index contributed by atoms with van der Waals surface area (Å²) in [6, 6.07) is 1.09. The van der Waals surface area contributed by atoms with E-state index in [9.17, 15) is 29.7 Å². The minimum atomic E-state index is -1.25. The van der Waals surface area contributed by atoms with Crippen LogP contribution in [0, 0.1) is 17.8 Å². The number of fused-ring (bicyclic) bond motifs is 5. The summed E-state index contributed by atoms with van der Waals surface area (Å²) >= 11 is 0. The Labute approximate surface area is 234 Å². The van der Waals surface area contributed by atoms with Crippen molar-refractivity contribution in [1.82, 2.24) is 9.80 Å². The minimum Gasteiger partial charge on any atom is -0.510 e. The van der Waals surface area contributed by atoms with Crippen LogP contribution >= 0.6 is 0 Å². The van der Waals surface area contributed by atoms with E-state index in [-0.39, 0.29) is 28.7 Å². The summed E-state index contributed by atoms with van der Waals surface area (Å²) in [7, 11) is 5.45. The Hall–Kier alpha value is -3.37. The van der Waals surface area contributed by atoms with E-state index in [1.807, 2.05) is 7.05 Å². The molecule has 10 heteroatoms. The maximum absolute atomic E-state index is 14.0. The van der Waals surface area contributed by atoms with Crippen LogP contribution in [-0.2, 0) is 20.8 Å². The number of phenolic OH excluding ortho intramolecular Hbond substituents is 1. The molecule has 4 aliphatic rings. The van der Waals surface area contributed by atoms with Crippen molar-refractivity contribution in [3.8, 4) is 5.75 Å². The van der Waals surface area contributed by atoms with Gasteiger partial charge in [-0.25, -0.2) is 0 Å². The van der Waals surface area contributed by atoms with E-state index in [1.54, 1.807) is 25.1 Å². The molecule has 1 unspecified atom stereocenters. The Balaban J connectivity index is 1.66. The minimum absolute atomic E-state index is 0.0866. The number of allylic oxidation sites excluding steroid dienone is 1. The first-order chi connectivity index (χ1) is 18.9. The van der Waals surface area contributed by atoms with Crippen molar-refractivity contribution in [2.45, 2.75) is 51.6 Å². The second-order valence-electron chi connectivity index (χ2n) is 11.8. The van der Waals surface area contributed by atoms with E-state index < -0.39 is 52.6 Å². The number of carbonyl (C=O) groups excluding carboxylic acids is 3. The first-order valence-electron chi connectivity index (χ1n) is 14.2. The number of aliphatic hydroxyl groups excluding tert-OH is 2. The van der Waals surface area contributed by atoms with Gasteiger partial charge in [-0.1, -0.05) is 13.8 Å². The highest BCUT2D eigenvalue weighted by molar-refractivity contribution is 6.28. The molecule has 216 valence electrons. The largest absolute Gasteiger partial charge is 0.510 e. The molecule has 10 nitrogen and oxygen atoms in total. The van der Waals surface area contributed by atoms with Gasteiger partial charge in [0.1, 0.15) is 22.8 Å². The number of aromatic hydroxyl groups is 1. The van der Waals surface area contributed by atoms with Crippen molar-refractivity contribution < 1.29 is 29.7 Å². The van der Waals surface area contributed by atoms with Crippen molar-refractivity contribution in [2.75, 3.05) is 45.7 Å². The third-order valence-electron chi connectivity index (χ3n) is 9.40. The number of rotatable bonds is 6. The number of likely N-dealkylation sites (N-methyl/N-ethyl adjacent to an activating group) is 1. The number of nitrogens with zero attached hydrogens (tertiary/aromatic N) is 3. The summed E-state index contributed by atoms with van der Waals surface area (Å²) < 4.78 is 0. The predicted molar refractivity (Wildman–Crippen MR) is 151 cm³/mol. The number of aliphatic hydroxyl groups is 2. The van der Waals surface area contributed by atoms with Crippen LogP contribution in [0.3, 0.4) is 0 Å². The summed E-state index contributed by atoms with van der Waals surface area (Å²) in [5, 5.41) is 33.8. The van der Waals surface area contributed by atoms with Crippen LogP contribution in [0.15, 0.2) is 23.0 Å². The molecule has 1 saturated carbocycles. The number of primary amides is 1. The molecular weight excluding hydrogens is 512 g/mol. The number of nitrogens with two attached hydrogens (primary N) is 1. The van der Waals surface area contributed by atoms with Gasteiger partial charge in [-0.15, -0.1) is 0 Å². The van der Waals surface area contributed by atoms with Gasteiger partial charge in [0.15, 0.2) is 11.6 Å². The first-order valence-corrected chi connectivity index (χ1v) is 14.2. The molecule has 5 rings (SSSR count). The lowest BCUT2D eigenvalue weighted by molar-refractivity contribution is -0.136. The molecule has 1 amide bonds. The summed E-state index contributed by atoms with van der Waals surface area (Å²) in [6.07, 6.45) is 2.67. The number of benzene rings is 1. The zero-order valence-corrected chi connectivity index (χ0v) is 23.9. The van der Waals surface area contributed by atoms with Gasteiger partial charge in [0.05, 0.1) is 17.5 Å². The molecule has 1 fully saturated rings. The Morgan fingerprint density at radius 1 is 1.15 bits per heavy atom. The van der Waals surface area contributed by atoms with Crippen molar-refractivity contribution >= 4 is 28.9 Å². The van der Waals surface area contributed by atoms with Crippen LogP contribution in [0.2, 0.25) is 0 Å². The quantitative estimate of drug-likeness (QED) is 0.309. The van der Waals surface area contributed by atoms with Gasteiger partial charge in [-0.3, -0.25) is 24.2 Å². The first kappa shape index (κ1) is 28.2. The normalized spacial score (nSPS) is 28.1. The molecule has 0 aromatic heterocycles. The van der Waals surface area contributed by atoms with E-state index in [4.69, 9.17) is 5.73 Å². The lowest BCUT2D eigenvalue weighted by Crippen LogP contribution is -2.55. The molecular formula is C30H40N4O6. The molecule has 1 aliphatic heterocycles. The van der Waals surface area contributed by atoms with Crippen molar-refractivity contribution in [1.29, 1.82) is 0 Å². The molecule has 0 bridgehead atoms. The zero-order valence-electron chi connectivity index (χ0n) is 23.9. The molecule has 5 N–H and O–H groups in total. The molecule has 1 heterocycles. The number of ketones is 2. The molecule has 0 saturated heterocycles. The predicted octanol–water partition coefficient (Wildman–Crippen LogP) is 2.46. The van der Waals surface area contributed by atoms with Gasteiger partial charge in [0, 0.05) is 30.9 Å². The van der Waals surface area contributed by atoms with Crippen LogP contribution < -0.4 is 10.6 Å². The fourth-order valence-corrected chi connectivity index (χ4v) is 7.84. The van der Waals surface area contributed by atoms with Crippen LogP contribution in [0.25, 0.3) is 5.76 Å². The number of Topliss-reactive ketones (excluding diaryl/α,β-unsaturated/α-hetero) is 2. The Morgan fingerprint density at radius 2 is 1.85 bits per heavy atom. The van der Waals surface area contributed by atoms with E-state index in [1.165, 1.54) is 0 Å². The van der Waals surface area contributed by atoms with Crippen LogP contribution in [0.4, 0.5) is 5.69 Å². The van der Waals surface area contributed by atoms with Crippen molar-refractivity contribution in [2.24, 2.45) is 23.5 Å². The molecule has 1 aromatic rings. The molecule has 0 radical (unpaired) electrons. The number of carbonyl (C=O) groups is 3. The SMILES string of the molecule is CCCN(CC)C1CCN(C)c2c1cc(O)c1c2C[C@@H]2C[C@H]3[C@@H](C(=O)C(C(N)=O)=C(O)[C@@H]3N(C)C)C(=O)C2=C1O. The number of amides is 1. The smallest absolute Gasteiger partial charge is 0.255 e. The highest BCUT2D eigenvalue weighted by Gasteiger charge is 2.56. The average molecular weight is 553 g/mol. The third-order valence-corrected chi connectivity index (χ3v) is 9.40.